The highest BCUT2D eigenvalue weighted by Crippen LogP contribution is 2.44. The molecule has 2 aromatic carbocycles. The molecule has 1 saturated heterocycles. The highest BCUT2D eigenvalue weighted by molar-refractivity contribution is 7.80. The van der Waals surface area contributed by atoms with Gasteiger partial charge in [0.25, 0.3) is 0 Å². The number of nitrogens with one attached hydrogen (secondary N) is 2. The lowest BCUT2D eigenvalue weighted by molar-refractivity contribution is -0.123. The van der Waals surface area contributed by atoms with Crippen molar-refractivity contribution in [1.82, 2.24) is 14.9 Å². The van der Waals surface area contributed by atoms with Crippen LogP contribution in [0.5, 0.6) is 5.75 Å². The van der Waals surface area contributed by atoms with E-state index in [1.54, 1.807) is 25.4 Å². The van der Waals surface area contributed by atoms with E-state index in [1.807, 2.05) is 97.1 Å². The number of rotatable bonds is 7. The van der Waals surface area contributed by atoms with Crippen LogP contribution in [0, 0.1) is 5.41 Å². The number of carbonyl (C=O) groups excluding carboxylic acids is 2. The Balaban J connectivity index is 1.64. The van der Waals surface area contributed by atoms with Gasteiger partial charge in [-0.15, -0.1) is 0 Å². The molecule has 42 heavy (non-hydrogen) atoms. The van der Waals surface area contributed by atoms with Crippen molar-refractivity contribution in [3.63, 3.8) is 0 Å². The largest absolute Gasteiger partial charge is 0.494 e. The summed E-state index contributed by atoms with van der Waals surface area (Å²) in [6, 6.07) is 21.9. The van der Waals surface area contributed by atoms with Crippen molar-refractivity contribution >= 4 is 40.6 Å². The van der Waals surface area contributed by atoms with Crippen LogP contribution in [0.1, 0.15) is 54.6 Å². The van der Waals surface area contributed by atoms with Gasteiger partial charge >= 0.3 is 5.97 Å². The van der Waals surface area contributed by atoms with Crippen LogP contribution in [0.4, 0.5) is 11.4 Å². The quantitative estimate of drug-likeness (QED) is 0.207. The molecule has 1 fully saturated rings. The fraction of sp³-hybridized carbons (Fsp3) is 0.250. The number of hydrogen-bond donors (Lipinski definition) is 2. The van der Waals surface area contributed by atoms with E-state index < -0.39 is 11.4 Å². The van der Waals surface area contributed by atoms with E-state index in [-0.39, 0.29) is 18.0 Å². The van der Waals surface area contributed by atoms with Crippen molar-refractivity contribution in [2.24, 2.45) is 5.41 Å². The van der Waals surface area contributed by atoms with Gasteiger partial charge in [0.05, 0.1) is 42.9 Å². The maximum absolute atomic E-state index is 12.7. The first kappa shape index (κ1) is 28.8. The van der Waals surface area contributed by atoms with Crippen molar-refractivity contribution in [2.75, 3.05) is 24.4 Å². The number of ether oxygens (including phenoxy) is 2. The maximum atomic E-state index is 12.7. The van der Waals surface area contributed by atoms with Crippen LogP contribution in [0.3, 0.4) is 0 Å². The van der Waals surface area contributed by atoms with Crippen molar-refractivity contribution < 1.29 is 19.1 Å². The van der Waals surface area contributed by atoms with Crippen LogP contribution >= 0.6 is 12.2 Å². The standard InChI is InChI=1S/C32H33N5O4S/c1-32(2,3)30(39)34-22-16-15-20(19-26(22)40-4)37-28(27(35-31(37)42)23-12-8-9-17-33-23)25-14-10-18-36(25)24-13-7-6-11-21(24)29(38)41-5/h6-19,27-28H,1-5H3,(H,34,39)(H,35,42)/t27-,28+/m1/s1. The smallest absolute Gasteiger partial charge is 0.339 e. The third-order valence-electron chi connectivity index (χ3n) is 7.14. The number of anilines is 2. The highest BCUT2D eigenvalue weighted by atomic mass is 32.1. The van der Waals surface area contributed by atoms with E-state index in [0.717, 1.165) is 17.1 Å². The lowest BCUT2D eigenvalue weighted by atomic mass is 9.95. The summed E-state index contributed by atoms with van der Waals surface area (Å²) in [5.74, 6) is -0.0532. The van der Waals surface area contributed by atoms with E-state index in [4.69, 9.17) is 21.7 Å². The van der Waals surface area contributed by atoms with Crippen LogP contribution in [0.25, 0.3) is 5.69 Å². The van der Waals surface area contributed by atoms with Gasteiger partial charge in [-0.2, -0.15) is 0 Å². The zero-order chi connectivity index (χ0) is 30.0. The minimum Gasteiger partial charge on any atom is -0.494 e. The molecule has 0 unspecified atom stereocenters. The Morgan fingerprint density at radius 2 is 1.76 bits per heavy atom. The zero-order valence-corrected chi connectivity index (χ0v) is 24.9. The molecule has 2 atom stereocenters. The van der Waals surface area contributed by atoms with Gasteiger partial charge < -0.3 is 29.6 Å². The summed E-state index contributed by atoms with van der Waals surface area (Å²) >= 11 is 5.92. The molecule has 0 spiro atoms. The normalized spacial score (nSPS) is 16.6. The van der Waals surface area contributed by atoms with Crippen molar-refractivity contribution in [3.8, 4) is 11.4 Å². The summed E-state index contributed by atoms with van der Waals surface area (Å²) in [6.07, 6.45) is 3.67. The Bertz CT molecular complexity index is 1630. The van der Waals surface area contributed by atoms with Gasteiger partial charge in [0, 0.05) is 35.3 Å². The number of benzene rings is 2. The number of amides is 1. The SMILES string of the molecule is COC(=O)c1ccccc1-n1cccc1[C@H]1[C@@H](c2ccccn2)NC(=S)N1c1ccc(NC(=O)C(C)(C)C)c(OC)c1. The third-order valence-corrected chi connectivity index (χ3v) is 7.46. The van der Waals surface area contributed by atoms with Crippen molar-refractivity contribution in [1.29, 1.82) is 0 Å². The van der Waals surface area contributed by atoms with Gasteiger partial charge in [-0.25, -0.2) is 4.79 Å². The van der Waals surface area contributed by atoms with E-state index >= 15 is 0 Å². The molecule has 0 aliphatic carbocycles. The molecule has 4 aromatic rings. The fourth-order valence-electron chi connectivity index (χ4n) is 5.00. The van der Waals surface area contributed by atoms with Crippen LogP contribution in [0.2, 0.25) is 0 Å². The topological polar surface area (TPSA) is 97.7 Å². The number of carbonyl (C=O) groups is 2. The van der Waals surface area contributed by atoms with E-state index in [0.29, 0.717) is 27.8 Å². The van der Waals surface area contributed by atoms with Crippen molar-refractivity contribution in [3.05, 3.63) is 102 Å². The predicted octanol–water partition coefficient (Wildman–Crippen LogP) is 5.83. The van der Waals surface area contributed by atoms with Crippen LogP contribution < -0.4 is 20.3 Å². The molecule has 2 aromatic heterocycles. The summed E-state index contributed by atoms with van der Waals surface area (Å²) < 4.78 is 12.8. The third kappa shape index (κ3) is 5.45. The molecule has 9 nitrogen and oxygen atoms in total. The number of esters is 1. The minimum atomic E-state index is -0.572. The van der Waals surface area contributed by atoms with E-state index in [9.17, 15) is 9.59 Å². The summed E-state index contributed by atoms with van der Waals surface area (Å²) in [5.41, 5.74) is 3.55. The Morgan fingerprint density at radius 1 is 1.00 bits per heavy atom. The van der Waals surface area contributed by atoms with Gasteiger partial charge in [-0.3, -0.25) is 9.78 Å². The first-order chi connectivity index (χ1) is 20.1. The molecule has 10 heteroatoms. The average molecular weight is 584 g/mol. The number of methoxy groups -OCH3 is 2. The van der Waals surface area contributed by atoms with Crippen LogP contribution in [-0.4, -0.2) is 40.8 Å². The Hall–Kier alpha value is -4.70. The van der Waals surface area contributed by atoms with Gasteiger partial charge in [0.2, 0.25) is 5.91 Å². The Morgan fingerprint density at radius 3 is 2.45 bits per heavy atom. The number of nitrogens with zero attached hydrogens (tertiary/aromatic N) is 3. The molecule has 1 aliphatic rings. The van der Waals surface area contributed by atoms with E-state index in [1.165, 1.54) is 7.11 Å². The summed E-state index contributed by atoms with van der Waals surface area (Å²) in [5, 5.41) is 6.93. The summed E-state index contributed by atoms with van der Waals surface area (Å²) in [7, 11) is 2.93. The van der Waals surface area contributed by atoms with Gasteiger partial charge in [-0.05, 0) is 60.7 Å². The monoisotopic (exact) mass is 583 g/mol. The molecule has 0 radical (unpaired) electrons. The second-order valence-corrected chi connectivity index (χ2v) is 11.3. The molecule has 1 aliphatic heterocycles. The molecule has 216 valence electrons. The van der Waals surface area contributed by atoms with Crippen LogP contribution in [0.15, 0.2) is 85.2 Å². The zero-order valence-electron chi connectivity index (χ0n) is 24.1. The Kier molecular flexibility index (Phi) is 8.00. The summed E-state index contributed by atoms with van der Waals surface area (Å²) in [6.45, 7) is 5.56. The second-order valence-electron chi connectivity index (χ2n) is 10.9. The predicted molar refractivity (Wildman–Crippen MR) is 166 cm³/mol. The number of aromatic nitrogens is 2. The van der Waals surface area contributed by atoms with Gasteiger partial charge in [-0.1, -0.05) is 39.0 Å². The Labute approximate surface area is 250 Å². The molecule has 5 rings (SSSR count). The van der Waals surface area contributed by atoms with E-state index in [2.05, 4.69) is 15.6 Å². The number of pyridine rings is 1. The summed E-state index contributed by atoms with van der Waals surface area (Å²) in [4.78, 5) is 32.1. The first-order valence-corrected chi connectivity index (χ1v) is 13.9. The molecule has 0 bridgehead atoms. The van der Waals surface area contributed by atoms with Gasteiger partial charge in [0.15, 0.2) is 5.11 Å². The number of hydrogen-bond acceptors (Lipinski definition) is 6. The average Bonchev–Trinajstić information content (AvgIpc) is 3.61. The number of thiocarbonyl (C=S) groups is 1. The van der Waals surface area contributed by atoms with Crippen molar-refractivity contribution in [2.45, 2.75) is 32.9 Å². The minimum absolute atomic E-state index is 0.123. The second kappa shape index (κ2) is 11.7. The molecule has 2 N–H and O–H groups in total. The highest BCUT2D eigenvalue weighted by Gasteiger charge is 2.42. The molecule has 1 amide bonds. The number of para-hydroxylation sites is 1. The fourth-order valence-corrected chi connectivity index (χ4v) is 5.34. The lowest BCUT2D eigenvalue weighted by Crippen LogP contribution is -2.30. The first-order valence-electron chi connectivity index (χ1n) is 13.5. The lowest BCUT2D eigenvalue weighted by Gasteiger charge is -2.30. The van der Waals surface area contributed by atoms with Gasteiger partial charge in [0.1, 0.15) is 11.8 Å². The van der Waals surface area contributed by atoms with Crippen LogP contribution in [-0.2, 0) is 9.53 Å². The maximum Gasteiger partial charge on any atom is 0.339 e. The molecular weight excluding hydrogens is 550 g/mol. The molecule has 0 saturated carbocycles. The molecule has 3 heterocycles. The molecular formula is C32H33N5O4S.